The highest BCUT2D eigenvalue weighted by atomic mass is 32.2. The fourth-order valence-corrected chi connectivity index (χ4v) is 4.67. The minimum Gasteiger partial charge on any atom is -0.496 e. The van der Waals surface area contributed by atoms with Crippen LogP contribution < -0.4 is 14.5 Å². The molecule has 26 heavy (non-hydrogen) atoms. The van der Waals surface area contributed by atoms with Gasteiger partial charge in [-0.15, -0.1) is 0 Å². The number of methoxy groups -OCH3 is 1. The number of likely N-dealkylation sites (N-methyl/N-ethyl adjacent to an activating group) is 1. The van der Waals surface area contributed by atoms with E-state index in [1.54, 1.807) is 30.7 Å². The summed E-state index contributed by atoms with van der Waals surface area (Å²) in [4.78, 5) is 17.5. The van der Waals surface area contributed by atoms with Gasteiger partial charge in [-0.05, 0) is 43.7 Å². The van der Waals surface area contributed by atoms with E-state index in [0.29, 0.717) is 0 Å². The molecule has 1 amide bonds. The minimum absolute atomic E-state index is 0.0365. The topological polar surface area (TPSA) is 32.8 Å². The first-order valence-corrected chi connectivity index (χ1v) is 9.52. The van der Waals surface area contributed by atoms with E-state index < -0.39 is 0 Å². The molecule has 0 saturated heterocycles. The lowest BCUT2D eigenvalue weighted by Gasteiger charge is -2.32. The molecule has 0 spiro atoms. The van der Waals surface area contributed by atoms with E-state index in [4.69, 9.17) is 4.74 Å². The molecular formula is C21H24N2O2S. The normalized spacial score (nSPS) is 15.5. The van der Waals surface area contributed by atoms with Gasteiger partial charge in [-0.25, -0.2) is 0 Å². The van der Waals surface area contributed by atoms with Gasteiger partial charge >= 0.3 is 0 Å². The second kappa shape index (κ2) is 7.46. The van der Waals surface area contributed by atoms with Gasteiger partial charge in [-0.1, -0.05) is 36.5 Å². The number of benzene rings is 2. The highest BCUT2D eigenvalue weighted by Gasteiger charge is 2.35. The van der Waals surface area contributed by atoms with Crippen LogP contribution in [0, 0.1) is 6.92 Å². The predicted molar refractivity (Wildman–Crippen MR) is 109 cm³/mol. The molecule has 2 aromatic carbocycles. The van der Waals surface area contributed by atoms with Gasteiger partial charge in [0.25, 0.3) is 0 Å². The van der Waals surface area contributed by atoms with Crippen molar-refractivity contribution in [1.29, 1.82) is 0 Å². The lowest BCUT2D eigenvalue weighted by atomic mass is 10.1. The Hall–Kier alpha value is -2.40. The van der Waals surface area contributed by atoms with E-state index in [1.807, 2.05) is 37.3 Å². The average Bonchev–Trinajstić information content (AvgIpc) is 2.99. The molecule has 5 heteroatoms. The molecule has 0 aliphatic carbocycles. The summed E-state index contributed by atoms with van der Waals surface area (Å²) >= 11 is 1.71. The Morgan fingerprint density at radius 3 is 2.58 bits per heavy atom. The molecule has 0 radical (unpaired) electrons. The first-order chi connectivity index (χ1) is 12.5. The first kappa shape index (κ1) is 18.4. The van der Waals surface area contributed by atoms with Crippen LogP contribution in [0.5, 0.6) is 5.75 Å². The summed E-state index contributed by atoms with van der Waals surface area (Å²) in [5.41, 5.74) is 3.87. The Kier molecular flexibility index (Phi) is 5.28. The van der Waals surface area contributed by atoms with Crippen molar-refractivity contribution in [3.63, 3.8) is 0 Å². The van der Waals surface area contributed by atoms with E-state index in [-0.39, 0.29) is 11.3 Å². The van der Waals surface area contributed by atoms with Crippen LogP contribution in [-0.2, 0) is 4.79 Å². The number of carbonyl (C=O) groups excluding carboxylic acids is 1. The summed E-state index contributed by atoms with van der Waals surface area (Å²) < 4.78 is 5.47. The third kappa shape index (κ3) is 3.19. The molecule has 1 aliphatic rings. The summed E-state index contributed by atoms with van der Waals surface area (Å²) in [6, 6.07) is 13.9. The molecule has 1 atom stereocenters. The van der Waals surface area contributed by atoms with Crippen LogP contribution in [0.1, 0.15) is 19.4 Å². The Bertz CT molecular complexity index is 835. The van der Waals surface area contributed by atoms with Crippen LogP contribution in [0.4, 0.5) is 11.4 Å². The third-order valence-corrected chi connectivity index (χ3v) is 5.88. The maximum Gasteiger partial charge on any atom is 0.228 e. The number of thioether (sulfide) groups is 1. The highest BCUT2D eigenvalue weighted by Crippen LogP contribution is 2.48. The molecule has 0 bridgehead atoms. The number of nitrogens with zero attached hydrogens (tertiary/aromatic N) is 2. The second-order valence-corrected chi connectivity index (χ2v) is 7.35. The second-order valence-electron chi connectivity index (χ2n) is 6.23. The molecular weight excluding hydrogens is 344 g/mol. The first-order valence-electron chi connectivity index (χ1n) is 8.64. The van der Waals surface area contributed by atoms with Gasteiger partial charge in [-0.2, -0.15) is 0 Å². The Morgan fingerprint density at radius 1 is 1.31 bits per heavy atom. The number of aryl methyl sites for hydroxylation is 1. The van der Waals surface area contributed by atoms with Crippen LogP contribution in [0.2, 0.25) is 0 Å². The zero-order chi connectivity index (χ0) is 18.8. The molecule has 4 nitrogen and oxygen atoms in total. The number of hydrogen-bond donors (Lipinski definition) is 0. The number of amides is 1. The van der Waals surface area contributed by atoms with Crippen molar-refractivity contribution < 1.29 is 9.53 Å². The summed E-state index contributed by atoms with van der Waals surface area (Å²) in [6.45, 7) is 10.9. The number of hydrogen-bond acceptors (Lipinski definition) is 4. The fraction of sp³-hybridized carbons (Fsp3) is 0.286. The quantitative estimate of drug-likeness (QED) is 0.757. The predicted octanol–water partition coefficient (Wildman–Crippen LogP) is 4.83. The van der Waals surface area contributed by atoms with Gasteiger partial charge in [0.1, 0.15) is 11.1 Å². The molecule has 0 aromatic heterocycles. The number of anilines is 2. The highest BCUT2D eigenvalue weighted by molar-refractivity contribution is 8.00. The number of para-hydroxylation sites is 1. The van der Waals surface area contributed by atoms with Crippen LogP contribution in [0.25, 0.3) is 0 Å². The van der Waals surface area contributed by atoms with Gasteiger partial charge < -0.3 is 9.64 Å². The van der Waals surface area contributed by atoms with Crippen molar-refractivity contribution in [1.82, 2.24) is 0 Å². The molecule has 0 saturated carbocycles. The zero-order valence-electron chi connectivity index (χ0n) is 15.7. The van der Waals surface area contributed by atoms with Crippen molar-refractivity contribution >= 4 is 29.0 Å². The molecule has 136 valence electrons. The number of carbonyl (C=O) groups is 1. The molecule has 0 N–H and O–H groups in total. The SMILES string of the molecule is C=C(C1Sc2cc(OC)c(C)cc2N1CC)N(C(C)=O)c1ccccc1. The van der Waals surface area contributed by atoms with Crippen molar-refractivity contribution in [3.8, 4) is 5.75 Å². The Morgan fingerprint density at radius 2 is 2.00 bits per heavy atom. The smallest absolute Gasteiger partial charge is 0.228 e. The minimum atomic E-state index is -0.0393. The number of fused-ring (bicyclic) bond motifs is 1. The van der Waals surface area contributed by atoms with E-state index in [2.05, 4.69) is 30.5 Å². The fourth-order valence-electron chi connectivity index (χ4n) is 3.32. The van der Waals surface area contributed by atoms with Crippen molar-refractivity contribution in [2.75, 3.05) is 23.5 Å². The standard InChI is InChI=1S/C21H24N2O2S/c1-6-22-18-12-14(2)19(25-5)13-20(18)26-21(22)15(3)23(16(4)24)17-10-8-7-9-11-17/h7-13,21H,3,6H2,1-2,4-5H3. The zero-order valence-corrected chi connectivity index (χ0v) is 16.5. The molecule has 3 rings (SSSR count). The Balaban J connectivity index is 1.97. The van der Waals surface area contributed by atoms with Gasteiger partial charge in [0.2, 0.25) is 5.91 Å². The lowest BCUT2D eigenvalue weighted by molar-refractivity contribution is -0.116. The number of ether oxygens (including phenoxy) is 1. The molecule has 2 aromatic rings. The molecule has 1 unspecified atom stereocenters. The van der Waals surface area contributed by atoms with Crippen molar-refractivity contribution in [3.05, 3.63) is 60.3 Å². The van der Waals surface area contributed by atoms with Crippen LogP contribution in [-0.4, -0.2) is 24.9 Å². The van der Waals surface area contributed by atoms with Gasteiger partial charge in [0, 0.05) is 24.1 Å². The van der Waals surface area contributed by atoms with E-state index in [0.717, 1.165) is 34.1 Å². The lowest BCUT2D eigenvalue weighted by Crippen LogP contribution is -2.39. The van der Waals surface area contributed by atoms with Crippen LogP contribution in [0.3, 0.4) is 0 Å². The van der Waals surface area contributed by atoms with Gasteiger partial charge in [-0.3, -0.25) is 9.69 Å². The summed E-state index contributed by atoms with van der Waals surface area (Å²) in [6.07, 6.45) is 0. The van der Waals surface area contributed by atoms with Crippen molar-refractivity contribution in [2.45, 2.75) is 31.0 Å². The number of rotatable bonds is 5. The largest absolute Gasteiger partial charge is 0.496 e. The summed E-state index contributed by atoms with van der Waals surface area (Å²) in [5, 5.41) is -0.0365. The molecule has 1 heterocycles. The monoisotopic (exact) mass is 368 g/mol. The average molecular weight is 369 g/mol. The maximum atomic E-state index is 12.4. The summed E-state index contributed by atoms with van der Waals surface area (Å²) in [5.74, 6) is 0.840. The molecule has 0 fully saturated rings. The van der Waals surface area contributed by atoms with E-state index in [1.165, 1.54) is 5.69 Å². The van der Waals surface area contributed by atoms with Crippen molar-refractivity contribution in [2.24, 2.45) is 0 Å². The van der Waals surface area contributed by atoms with E-state index >= 15 is 0 Å². The van der Waals surface area contributed by atoms with Gasteiger partial charge in [0.05, 0.1) is 18.5 Å². The maximum absolute atomic E-state index is 12.4. The molecule has 1 aliphatic heterocycles. The Labute approximate surface area is 159 Å². The summed E-state index contributed by atoms with van der Waals surface area (Å²) in [7, 11) is 1.69. The van der Waals surface area contributed by atoms with Gasteiger partial charge in [0.15, 0.2) is 0 Å². The third-order valence-electron chi connectivity index (χ3n) is 4.55. The van der Waals surface area contributed by atoms with Crippen LogP contribution in [0.15, 0.2) is 59.6 Å². The van der Waals surface area contributed by atoms with Crippen LogP contribution >= 0.6 is 11.8 Å². The van der Waals surface area contributed by atoms with E-state index in [9.17, 15) is 4.79 Å².